The van der Waals surface area contributed by atoms with Gasteiger partial charge in [0.05, 0.1) is 12.0 Å². The first kappa shape index (κ1) is 18.8. The number of Topliss-reactive ketones (excluding diaryl/α,β-unsaturated/α-hetero) is 1. The van der Waals surface area contributed by atoms with Gasteiger partial charge in [-0.2, -0.15) is 0 Å². The predicted molar refractivity (Wildman–Crippen MR) is 95.2 cm³/mol. The molecule has 8 heteroatoms. The monoisotopic (exact) mass is 372 g/mol. The van der Waals surface area contributed by atoms with Crippen molar-refractivity contribution >= 4 is 23.3 Å². The lowest BCUT2D eigenvalue weighted by Gasteiger charge is -2.40. The highest BCUT2D eigenvalue weighted by atomic mass is 16.6. The van der Waals surface area contributed by atoms with E-state index in [-0.39, 0.29) is 29.2 Å². The van der Waals surface area contributed by atoms with E-state index in [0.717, 1.165) is 0 Å². The van der Waals surface area contributed by atoms with Crippen LogP contribution in [0, 0.1) is 26.9 Å². The van der Waals surface area contributed by atoms with Crippen molar-refractivity contribution in [1.82, 2.24) is 0 Å². The third-order valence-corrected chi connectivity index (χ3v) is 4.93. The summed E-state index contributed by atoms with van der Waals surface area (Å²) in [6.45, 7) is 3.85. The summed E-state index contributed by atoms with van der Waals surface area (Å²) < 4.78 is 10.4. The number of carbonyl (C=O) groups is 2. The van der Waals surface area contributed by atoms with E-state index in [4.69, 9.17) is 14.9 Å². The maximum atomic E-state index is 12.9. The lowest BCUT2D eigenvalue weighted by Crippen LogP contribution is -2.42. The van der Waals surface area contributed by atoms with Crippen molar-refractivity contribution < 1.29 is 24.0 Å². The first-order valence-electron chi connectivity index (χ1n) is 8.49. The molecule has 0 saturated carbocycles. The van der Waals surface area contributed by atoms with Gasteiger partial charge in [-0.1, -0.05) is 26.0 Å². The molecule has 0 aromatic heterocycles. The van der Waals surface area contributed by atoms with Gasteiger partial charge >= 0.3 is 5.97 Å². The van der Waals surface area contributed by atoms with Crippen LogP contribution in [0.15, 0.2) is 35.6 Å². The molecule has 0 bridgehead atoms. The van der Waals surface area contributed by atoms with Crippen LogP contribution in [-0.2, 0) is 19.1 Å². The Balaban J connectivity index is 2.21. The predicted octanol–water partition coefficient (Wildman–Crippen LogP) is 3.12. The van der Waals surface area contributed by atoms with Crippen LogP contribution in [-0.4, -0.2) is 29.7 Å². The quantitative estimate of drug-likeness (QED) is 0.494. The molecule has 1 heterocycles. The molecule has 0 radical (unpaired) electrons. The summed E-state index contributed by atoms with van der Waals surface area (Å²) in [7, 11) is 1.19. The Labute approximate surface area is 155 Å². The molecule has 142 valence electrons. The Morgan fingerprint density at radius 2 is 2.07 bits per heavy atom. The number of benzene rings is 1. The summed E-state index contributed by atoms with van der Waals surface area (Å²) in [5.74, 6) is -2.88. The van der Waals surface area contributed by atoms with Crippen molar-refractivity contribution in [2.45, 2.75) is 32.6 Å². The molecule has 0 fully saturated rings. The molecule has 1 aliphatic heterocycles. The van der Waals surface area contributed by atoms with Crippen molar-refractivity contribution in [2.24, 2.45) is 11.3 Å². The highest BCUT2D eigenvalue weighted by molar-refractivity contribution is 6.06. The second-order valence-corrected chi connectivity index (χ2v) is 7.57. The third-order valence-electron chi connectivity index (χ3n) is 4.93. The minimum atomic E-state index is -1.17. The lowest BCUT2D eigenvalue weighted by atomic mass is 9.68. The zero-order chi connectivity index (χ0) is 19.9. The fourth-order valence-corrected chi connectivity index (χ4v) is 3.79. The van der Waals surface area contributed by atoms with Crippen LogP contribution in [0.25, 0.3) is 0 Å². The minimum absolute atomic E-state index is 0.153. The largest absolute Gasteiger partial charge is 0.468 e. The molecular formula is C19H20N2O6. The summed E-state index contributed by atoms with van der Waals surface area (Å²) in [5.41, 5.74) is 0.232. The molecule has 0 amide bonds. The van der Waals surface area contributed by atoms with Gasteiger partial charge in [-0.05, 0) is 11.0 Å². The van der Waals surface area contributed by atoms with Crippen molar-refractivity contribution in [3.8, 4) is 0 Å². The molecule has 0 saturated heterocycles. The molecule has 1 aromatic rings. The SMILES string of the molecule is COC(=O)C1C(=N)OC2=C(C(=O)CC(C)(C)C2)C1c1cccc([N+](=O)[O-])c1. The van der Waals surface area contributed by atoms with Gasteiger partial charge in [0.15, 0.2) is 5.78 Å². The first-order chi connectivity index (χ1) is 12.6. The molecule has 1 aliphatic carbocycles. The standard InChI is InChI=1S/C19H20N2O6/c1-19(2)8-12(22)15-13(9-19)27-17(20)16(18(23)26-3)14(15)10-5-4-6-11(7-10)21(24)25/h4-7,14,16,20H,8-9H2,1-3H3. The molecule has 27 heavy (non-hydrogen) atoms. The number of rotatable bonds is 3. The number of allylic oxidation sites excluding steroid dienone is 2. The highest BCUT2D eigenvalue weighted by Gasteiger charge is 2.49. The summed E-state index contributed by atoms with van der Waals surface area (Å²) in [4.78, 5) is 35.9. The van der Waals surface area contributed by atoms with Crippen LogP contribution in [0.4, 0.5) is 5.69 Å². The van der Waals surface area contributed by atoms with Crippen LogP contribution < -0.4 is 0 Å². The van der Waals surface area contributed by atoms with Crippen molar-refractivity contribution in [3.05, 3.63) is 51.3 Å². The number of hydrogen-bond donors (Lipinski definition) is 1. The fraction of sp³-hybridized carbons (Fsp3) is 0.421. The van der Waals surface area contributed by atoms with Gasteiger partial charge in [-0.3, -0.25) is 25.1 Å². The van der Waals surface area contributed by atoms with E-state index in [2.05, 4.69) is 0 Å². The topological polar surface area (TPSA) is 120 Å². The van der Waals surface area contributed by atoms with E-state index in [1.807, 2.05) is 13.8 Å². The number of nitrogens with zero attached hydrogens (tertiary/aromatic N) is 1. The average molecular weight is 372 g/mol. The summed E-state index contributed by atoms with van der Waals surface area (Å²) in [6.07, 6.45) is 0.706. The summed E-state index contributed by atoms with van der Waals surface area (Å²) >= 11 is 0. The number of hydrogen-bond acceptors (Lipinski definition) is 7. The van der Waals surface area contributed by atoms with Gasteiger partial charge in [0, 0.05) is 36.5 Å². The fourth-order valence-electron chi connectivity index (χ4n) is 3.79. The Kier molecular flexibility index (Phi) is 4.59. The number of non-ortho nitro benzene ring substituents is 1. The Morgan fingerprint density at radius 3 is 2.70 bits per heavy atom. The van der Waals surface area contributed by atoms with Gasteiger partial charge < -0.3 is 9.47 Å². The minimum Gasteiger partial charge on any atom is -0.468 e. The Morgan fingerprint density at radius 1 is 1.37 bits per heavy atom. The number of nitrogens with one attached hydrogen (secondary N) is 1. The molecule has 8 nitrogen and oxygen atoms in total. The molecule has 2 atom stereocenters. The molecule has 0 spiro atoms. The summed E-state index contributed by atoms with van der Waals surface area (Å²) in [6, 6.07) is 5.78. The van der Waals surface area contributed by atoms with Gasteiger partial charge in [0.25, 0.3) is 5.69 Å². The number of ether oxygens (including phenoxy) is 2. The van der Waals surface area contributed by atoms with Gasteiger partial charge in [0.2, 0.25) is 5.90 Å². The van der Waals surface area contributed by atoms with E-state index in [9.17, 15) is 19.7 Å². The van der Waals surface area contributed by atoms with Gasteiger partial charge in [-0.15, -0.1) is 0 Å². The van der Waals surface area contributed by atoms with Crippen LogP contribution in [0.5, 0.6) is 0 Å². The number of ketones is 1. The zero-order valence-electron chi connectivity index (χ0n) is 15.3. The molecule has 2 aliphatic rings. The summed E-state index contributed by atoms with van der Waals surface area (Å²) in [5, 5.41) is 19.4. The van der Waals surface area contributed by atoms with Crippen LogP contribution >= 0.6 is 0 Å². The number of esters is 1. The van der Waals surface area contributed by atoms with Crippen LogP contribution in [0.3, 0.4) is 0 Å². The maximum absolute atomic E-state index is 12.9. The van der Waals surface area contributed by atoms with E-state index in [1.165, 1.54) is 25.3 Å². The maximum Gasteiger partial charge on any atom is 0.319 e. The number of methoxy groups -OCH3 is 1. The van der Waals surface area contributed by atoms with Crippen LogP contribution in [0.1, 0.15) is 38.2 Å². The number of carbonyl (C=O) groups excluding carboxylic acids is 2. The second-order valence-electron chi connectivity index (χ2n) is 7.57. The van der Waals surface area contributed by atoms with Crippen LogP contribution in [0.2, 0.25) is 0 Å². The Bertz CT molecular complexity index is 886. The van der Waals surface area contributed by atoms with E-state index in [1.54, 1.807) is 6.07 Å². The van der Waals surface area contributed by atoms with E-state index >= 15 is 0 Å². The molecule has 1 N–H and O–H groups in total. The zero-order valence-corrected chi connectivity index (χ0v) is 15.3. The highest BCUT2D eigenvalue weighted by Crippen LogP contribution is 2.48. The molecule has 3 rings (SSSR count). The van der Waals surface area contributed by atoms with Gasteiger partial charge in [-0.25, -0.2) is 0 Å². The number of nitro groups is 1. The average Bonchev–Trinajstić information content (AvgIpc) is 2.58. The smallest absolute Gasteiger partial charge is 0.319 e. The number of nitro benzene ring substituents is 1. The van der Waals surface area contributed by atoms with Gasteiger partial charge in [0.1, 0.15) is 11.7 Å². The molecule has 2 unspecified atom stereocenters. The van der Waals surface area contributed by atoms with E-state index < -0.39 is 22.7 Å². The first-order valence-corrected chi connectivity index (χ1v) is 8.49. The van der Waals surface area contributed by atoms with E-state index in [0.29, 0.717) is 23.3 Å². The normalized spacial score (nSPS) is 24.1. The molecular weight excluding hydrogens is 352 g/mol. The lowest BCUT2D eigenvalue weighted by molar-refractivity contribution is -0.384. The molecule has 1 aromatic carbocycles. The Hall–Kier alpha value is -3.03. The van der Waals surface area contributed by atoms with Crippen molar-refractivity contribution in [2.75, 3.05) is 7.11 Å². The second kappa shape index (κ2) is 6.61. The third kappa shape index (κ3) is 3.34. The van der Waals surface area contributed by atoms with Crippen molar-refractivity contribution in [1.29, 1.82) is 5.41 Å². The van der Waals surface area contributed by atoms with Crippen molar-refractivity contribution in [3.63, 3.8) is 0 Å².